The number of rotatable bonds is 3. The predicted octanol–water partition coefficient (Wildman–Crippen LogP) is 2.24. The minimum Gasteiger partial charge on any atom is -0.506 e. The van der Waals surface area contributed by atoms with E-state index in [4.69, 9.17) is 0 Å². The van der Waals surface area contributed by atoms with Crippen molar-refractivity contribution in [1.29, 1.82) is 0 Å². The largest absolute Gasteiger partial charge is 0.506 e. The number of phenols is 1. The van der Waals surface area contributed by atoms with Crippen molar-refractivity contribution in [3.63, 3.8) is 0 Å². The number of aryl methyl sites for hydroxylation is 2. The van der Waals surface area contributed by atoms with Crippen molar-refractivity contribution in [2.24, 2.45) is 0 Å². The zero-order valence-corrected chi connectivity index (χ0v) is 11.0. The van der Waals surface area contributed by atoms with Crippen LogP contribution in [0.15, 0.2) is 12.1 Å². The van der Waals surface area contributed by atoms with E-state index in [0.717, 1.165) is 16.8 Å². The number of aromatic amines is 1. The van der Waals surface area contributed by atoms with Crippen LogP contribution in [0.3, 0.4) is 0 Å². The Hall–Kier alpha value is -2.30. The number of ether oxygens (including phenoxy) is 1. The number of H-pyrrole nitrogens is 1. The third-order valence-electron chi connectivity index (χ3n) is 3.27. The molecule has 0 unspecified atom stereocenters. The Balaban J connectivity index is 2.51. The second-order valence-corrected chi connectivity index (χ2v) is 4.44. The number of hydrogen-bond donors (Lipinski definition) is 2. The molecule has 0 fully saturated rings. The summed E-state index contributed by atoms with van der Waals surface area (Å²) < 4.78 is 4.45. The van der Waals surface area contributed by atoms with E-state index in [1.54, 1.807) is 6.07 Å². The van der Waals surface area contributed by atoms with Crippen LogP contribution in [0.1, 0.15) is 28.0 Å². The highest BCUT2D eigenvalue weighted by Gasteiger charge is 2.19. The fraction of sp³-hybridized carbons (Fsp3) is 0.286. The molecule has 0 saturated heterocycles. The van der Waals surface area contributed by atoms with Gasteiger partial charge in [0.25, 0.3) is 0 Å². The van der Waals surface area contributed by atoms with Gasteiger partial charge < -0.3 is 14.8 Å². The number of hydrogen-bond acceptors (Lipinski definition) is 4. The van der Waals surface area contributed by atoms with Crippen LogP contribution in [0, 0.1) is 13.8 Å². The van der Waals surface area contributed by atoms with E-state index < -0.39 is 11.8 Å². The van der Waals surface area contributed by atoms with Gasteiger partial charge in [-0.3, -0.25) is 9.59 Å². The highest BCUT2D eigenvalue weighted by molar-refractivity contribution is 6.10. The maximum absolute atomic E-state index is 11.9. The number of aromatic hydroxyl groups is 1. The average Bonchev–Trinajstić information content (AvgIpc) is 2.66. The van der Waals surface area contributed by atoms with E-state index in [1.165, 1.54) is 13.2 Å². The van der Waals surface area contributed by atoms with Crippen LogP contribution in [0.2, 0.25) is 0 Å². The molecular formula is C14H15NO4. The van der Waals surface area contributed by atoms with Crippen LogP contribution in [0.25, 0.3) is 10.9 Å². The molecule has 0 atom stereocenters. The monoisotopic (exact) mass is 261 g/mol. The van der Waals surface area contributed by atoms with Crippen LogP contribution in [-0.2, 0) is 9.53 Å². The Morgan fingerprint density at radius 3 is 2.63 bits per heavy atom. The summed E-state index contributed by atoms with van der Waals surface area (Å²) in [7, 11) is 1.22. The zero-order valence-electron chi connectivity index (χ0n) is 11.0. The first-order valence-electron chi connectivity index (χ1n) is 5.86. The van der Waals surface area contributed by atoms with Crippen LogP contribution < -0.4 is 0 Å². The molecule has 2 N–H and O–H groups in total. The van der Waals surface area contributed by atoms with E-state index in [9.17, 15) is 14.7 Å². The zero-order chi connectivity index (χ0) is 14.2. The fourth-order valence-electron chi connectivity index (χ4n) is 2.08. The highest BCUT2D eigenvalue weighted by Crippen LogP contribution is 2.33. The van der Waals surface area contributed by atoms with Gasteiger partial charge in [-0.2, -0.15) is 0 Å². The van der Waals surface area contributed by atoms with Gasteiger partial charge in [-0.25, -0.2) is 0 Å². The number of benzene rings is 1. The summed E-state index contributed by atoms with van der Waals surface area (Å²) in [5.74, 6) is -1.16. The van der Waals surface area contributed by atoms with Gasteiger partial charge in [0.1, 0.15) is 12.2 Å². The molecule has 0 spiro atoms. The highest BCUT2D eigenvalue weighted by atomic mass is 16.5. The lowest BCUT2D eigenvalue weighted by Crippen LogP contribution is -2.09. The second-order valence-electron chi connectivity index (χ2n) is 4.44. The van der Waals surface area contributed by atoms with Crippen molar-refractivity contribution in [3.05, 3.63) is 29.0 Å². The van der Waals surface area contributed by atoms with E-state index in [2.05, 4.69) is 9.72 Å². The molecule has 5 heteroatoms. The number of fused-ring (bicyclic) bond motifs is 1. The van der Waals surface area contributed by atoms with Gasteiger partial charge >= 0.3 is 5.97 Å². The fourth-order valence-corrected chi connectivity index (χ4v) is 2.08. The Morgan fingerprint density at radius 1 is 1.32 bits per heavy atom. The number of carbonyl (C=O) groups is 2. The molecule has 0 saturated carbocycles. The van der Waals surface area contributed by atoms with Crippen molar-refractivity contribution in [3.8, 4) is 5.75 Å². The number of Topliss-reactive ketones (excluding diaryl/α,β-unsaturated/α-hetero) is 1. The van der Waals surface area contributed by atoms with Gasteiger partial charge in [-0.15, -0.1) is 0 Å². The number of phenolic OH excluding ortho intramolecular Hbond substituents is 1. The lowest BCUT2D eigenvalue weighted by Gasteiger charge is -2.05. The smallest absolute Gasteiger partial charge is 0.313 e. The molecule has 100 valence electrons. The van der Waals surface area contributed by atoms with Gasteiger partial charge in [0.2, 0.25) is 0 Å². The molecule has 0 radical (unpaired) electrons. The molecule has 2 rings (SSSR count). The normalized spacial score (nSPS) is 10.7. The number of carbonyl (C=O) groups excluding carboxylic acids is 2. The molecule has 1 aromatic heterocycles. The molecular weight excluding hydrogens is 246 g/mol. The Bertz CT molecular complexity index is 670. The molecule has 1 aromatic carbocycles. The number of aromatic nitrogens is 1. The van der Waals surface area contributed by atoms with E-state index in [-0.39, 0.29) is 17.7 Å². The summed E-state index contributed by atoms with van der Waals surface area (Å²) in [5.41, 5.74) is 2.73. The van der Waals surface area contributed by atoms with Gasteiger partial charge in [-0.1, -0.05) is 0 Å². The lowest BCUT2D eigenvalue weighted by molar-refractivity contribution is -0.139. The summed E-state index contributed by atoms with van der Waals surface area (Å²) in [4.78, 5) is 26.2. The quantitative estimate of drug-likeness (QED) is 0.504. The van der Waals surface area contributed by atoms with Crippen molar-refractivity contribution in [1.82, 2.24) is 4.98 Å². The van der Waals surface area contributed by atoms with Gasteiger partial charge in [0, 0.05) is 16.6 Å². The van der Waals surface area contributed by atoms with Crippen LogP contribution in [0.4, 0.5) is 0 Å². The van der Waals surface area contributed by atoms with Crippen LogP contribution >= 0.6 is 0 Å². The van der Waals surface area contributed by atoms with Crippen LogP contribution in [-0.4, -0.2) is 29.0 Å². The molecule has 0 amide bonds. The third kappa shape index (κ3) is 2.19. The first-order valence-corrected chi connectivity index (χ1v) is 5.86. The topological polar surface area (TPSA) is 79.4 Å². The molecule has 1 heterocycles. The van der Waals surface area contributed by atoms with E-state index >= 15 is 0 Å². The number of methoxy groups -OCH3 is 1. The number of nitrogens with one attached hydrogen (secondary N) is 1. The Kier molecular flexibility index (Phi) is 3.29. The first kappa shape index (κ1) is 13.1. The third-order valence-corrected chi connectivity index (χ3v) is 3.27. The predicted molar refractivity (Wildman–Crippen MR) is 70.4 cm³/mol. The van der Waals surface area contributed by atoms with E-state index in [1.807, 2.05) is 13.8 Å². The summed E-state index contributed by atoms with van der Waals surface area (Å²) in [6.07, 6.45) is -0.377. The van der Waals surface area contributed by atoms with E-state index in [0.29, 0.717) is 5.39 Å². The van der Waals surface area contributed by atoms with Crippen molar-refractivity contribution < 1.29 is 19.4 Å². The minimum atomic E-state index is -0.619. The standard InChI is InChI=1S/C14H15NO4/c1-7-8(2)15-10-5-4-9(14(18)13(7)10)11(16)6-12(17)19-3/h4-5,15,18H,6H2,1-3H3. The summed E-state index contributed by atoms with van der Waals surface area (Å²) in [6.45, 7) is 3.76. The second kappa shape index (κ2) is 4.76. The Morgan fingerprint density at radius 2 is 2.00 bits per heavy atom. The molecule has 0 aliphatic rings. The molecule has 2 aromatic rings. The van der Waals surface area contributed by atoms with Gasteiger partial charge in [0.05, 0.1) is 12.7 Å². The molecule has 19 heavy (non-hydrogen) atoms. The number of ketones is 1. The van der Waals surface area contributed by atoms with Gasteiger partial charge in [-0.05, 0) is 31.5 Å². The van der Waals surface area contributed by atoms with Crippen molar-refractivity contribution in [2.75, 3.05) is 7.11 Å². The molecule has 0 bridgehead atoms. The molecule has 0 aliphatic carbocycles. The van der Waals surface area contributed by atoms with Crippen molar-refractivity contribution in [2.45, 2.75) is 20.3 Å². The SMILES string of the molecule is COC(=O)CC(=O)c1ccc2[nH]c(C)c(C)c2c1O. The maximum atomic E-state index is 11.9. The summed E-state index contributed by atoms with van der Waals surface area (Å²) >= 11 is 0. The Labute approximate surface area is 110 Å². The maximum Gasteiger partial charge on any atom is 0.313 e. The summed E-state index contributed by atoms with van der Waals surface area (Å²) in [6, 6.07) is 3.23. The number of esters is 1. The first-order chi connectivity index (χ1) is 8.95. The molecule has 5 nitrogen and oxygen atoms in total. The van der Waals surface area contributed by atoms with Crippen molar-refractivity contribution >= 4 is 22.7 Å². The van der Waals surface area contributed by atoms with Crippen LogP contribution in [0.5, 0.6) is 5.75 Å². The summed E-state index contributed by atoms with van der Waals surface area (Å²) in [5, 5.41) is 10.8. The molecule has 0 aliphatic heterocycles. The lowest BCUT2D eigenvalue weighted by atomic mass is 10.0. The minimum absolute atomic E-state index is 0.0896. The average molecular weight is 261 g/mol. The van der Waals surface area contributed by atoms with Gasteiger partial charge in [0.15, 0.2) is 5.78 Å².